The third-order valence-electron chi connectivity index (χ3n) is 2.90. The van der Waals surface area contributed by atoms with Crippen LogP contribution < -0.4 is 0 Å². The van der Waals surface area contributed by atoms with Crippen LogP contribution in [0.25, 0.3) is 16.9 Å². The van der Waals surface area contributed by atoms with Crippen LogP contribution in [0, 0.1) is 0 Å². The number of imidazole rings is 1. The summed E-state index contributed by atoms with van der Waals surface area (Å²) in [5, 5.41) is 0.621. The van der Waals surface area contributed by atoms with Crippen molar-refractivity contribution in [1.82, 2.24) is 19.4 Å². The molecule has 0 fully saturated rings. The molecule has 4 heterocycles. The van der Waals surface area contributed by atoms with Gasteiger partial charge in [0, 0.05) is 24.3 Å². The van der Waals surface area contributed by atoms with Gasteiger partial charge >= 0.3 is 0 Å². The fraction of sp³-hybridized carbons (Fsp3) is 0.0714. The lowest BCUT2D eigenvalue weighted by atomic mass is 10.5. The second kappa shape index (κ2) is 4.64. The third kappa shape index (κ3) is 2.04. The Bertz CT molecular complexity index is 743. The van der Waals surface area contributed by atoms with Gasteiger partial charge in [-0.1, -0.05) is 17.8 Å². The van der Waals surface area contributed by atoms with Gasteiger partial charge in [0.15, 0.2) is 11.2 Å². The SMILES string of the molecule is c1cnc2nc(SCc3cn4ccccc4n3)oc2c1. The number of hydrogen-bond donors (Lipinski definition) is 0. The zero-order valence-electron chi connectivity index (χ0n) is 10.4. The van der Waals surface area contributed by atoms with Gasteiger partial charge in [-0.2, -0.15) is 4.98 Å². The van der Waals surface area contributed by atoms with E-state index in [0.717, 1.165) is 11.3 Å². The summed E-state index contributed by atoms with van der Waals surface area (Å²) < 4.78 is 7.62. The van der Waals surface area contributed by atoms with Gasteiger partial charge in [-0.15, -0.1) is 0 Å². The molecule has 0 atom stereocenters. The summed E-state index contributed by atoms with van der Waals surface area (Å²) in [6.45, 7) is 0. The molecule has 0 bridgehead atoms. The Morgan fingerprint density at radius 2 is 2.15 bits per heavy atom. The molecule has 0 N–H and O–H groups in total. The first-order valence-corrected chi connectivity index (χ1v) is 7.14. The van der Waals surface area contributed by atoms with E-state index in [1.807, 2.05) is 47.1 Å². The zero-order valence-corrected chi connectivity index (χ0v) is 11.2. The van der Waals surface area contributed by atoms with E-state index >= 15 is 0 Å². The van der Waals surface area contributed by atoms with Crippen molar-refractivity contribution in [3.8, 4) is 0 Å². The number of rotatable bonds is 3. The van der Waals surface area contributed by atoms with Crippen molar-refractivity contribution in [2.75, 3.05) is 0 Å². The van der Waals surface area contributed by atoms with Crippen molar-refractivity contribution in [3.63, 3.8) is 0 Å². The van der Waals surface area contributed by atoms with Gasteiger partial charge in [-0.25, -0.2) is 9.97 Å². The second-order valence-corrected chi connectivity index (χ2v) is 5.22. The Hall–Kier alpha value is -2.34. The van der Waals surface area contributed by atoms with Gasteiger partial charge in [0.25, 0.3) is 5.22 Å². The lowest BCUT2D eigenvalue weighted by molar-refractivity contribution is 0.489. The minimum atomic E-state index is 0.621. The highest BCUT2D eigenvalue weighted by molar-refractivity contribution is 7.98. The molecule has 0 amide bonds. The summed E-state index contributed by atoms with van der Waals surface area (Å²) in [7, 11) is 0. The van der Waals surface area contributed by atoms with Crippen molar-refractivity contribution in [3.05, 3.63) is 54.6 Å². The second-order valence-electron chi connectivity index (χ2n) is 4.29. The number of nitrogens with zero attached hydrogens (tertiary/aromatic N) is 4. The van der Waals surface area contributed by atoms with Crippen LogP contribution in [0.1, 0.15) is 5.69 Å². The predicted octanol–water partition coefficient (Wildman–Crippen LogP) is 3.16. The van der Waals surface area contributed by atoms with Gasteiger partial charge in [-0.3, -0.25) is 0 Å². The molecule has 5 nitrogen and oxygen atoms in total. The largest absolute Gasteiger partial charge is 0.430 e. The normalized spacial score (nSPS) is 11.4. The van der Waals surface area contributed by atoms with Crippen LogP contribution in [0.4, 0.5) is 0 Å². The van der Waals surface area contributed by atoms with Gasteiger partial charge < -0.3 is 8.82 Å². The van der Waals surface area contributed by atoms with Crippen LogP contribution in [0.15, 0.2) is 58.6 Å². The summed E-state index contributed by atoms with van der Waals surface area (Å²) >= 11 is 1.52. The molecule has 0 aliphatic heterocycles. The highest BCUT2D eigenvalue weighted by Gasteiger charge is 2.08. The molecule has 0 aromatic carbocycles. The van der Waals surface area contributed by atoms with Crippen molar-refractivity contribution in [1.29, 1.82) is 0 Å². The molecule has 4 aromatic rings. The maximum absolute atomic E-state index is 5.62. The quantitative estimate of drug-likeness (QED) is 0.540. The standard InChI is InChI=1S/C14H10N4OS/c1-2-7-18-8-10(16-12(18)5-1)9-20-14-17-13-11(19-14)4-3-6-15-13/h1-8H,9H2. The minimum Gasteiger partial charge on any atom is -0.430 e. The highest BCUT2D eigenvalue weighted by atomic mass is 32.2. The molecule has 4 aromatic heterocycles. The Morgan fingerprint density at radius 3 is 3.05 bits per heavy atom. The Kier molecular flexibility index (Phi) is 2.67. The van der Waals surface area contributed by atoms with Crippen molar-refractivity contribution in [2.45, 2.75) is 11.0 Å². The molecule has 6 heteroatoms. The van der Waals surface area contributed by atoms with E-state index in [0.29, 0.717) is 22.2 Å². The van der Waals surface area contributed by atoms with Crippen LogP contribution in [-0.2, 0) is 5.75 Å². The van der Waals surface area contributed by atoms with Gasteiger partial charge in [-0.05, 0) is 24.3 Å². The van der Waals surface area contributed by atoms with Crippen LogP contribution >= 0.6 is 11.8 Å². The first kappa shape index (κ1) is 11.5. The first-order valence-electron chi connectivity index (χ1n) is 6.15. The minimum absolute atomic E-state index is 0.621. The van der Waals surface area contributed by atoms with E-state index < -0.39 is 0 Å². The Morgan fingerprint density at radius 1 is 1.15 bits per heavy atom. The van der Waals surface area contributed by atoms with Crippen molar-refractivity contribution < 1.29 is 4.42 Å². The summed E-state index contributed by atoms with van der Waals surface area (Å²) in [5.41, 5.74) is 3.30. The summed E-state index contributed by atoms with van der Waals surface area (Å²) in [6.07, 6.45) is 5.71. The van der Waals surface area contributed by atoms with E-state index in [9.17, 15) is 0 Å². The van der Waals surface area contributed by atoms with Crippen LogP contribution in [0.3, 0.4) is 0 Å². The summed E-state index contributed by atoms with van der Waals surface area (Å²) in [5.74, 6) is 0.717. The average molecular weight is 282 g/mol. The third-order valence-corrected chi connectivity index (χ3v) is 3.76. The number of aromatic nitrogens is 4. The topological polar surface area (TPSA) is 56.2 Å². The molecule has 4 rings (SSSR count). The van der Waals surface area contributed by atoms with Crippen LogP contribution in [0.5, 0.6) is 0 Å². The number of oxazole rings is 1. The molecule has 0 aliphatic rings. The van der Waals surface area contributed by atoms with Gasteiger partial charge in [0.2, 0.25) is 0 Å². The fourth-order valence-corrected chi connectivity index (χ4v) is 2.71. The van der Waals surface area contributed by atoms with Gasteiger partial charge in [0.05, 0.1) is 5.69 Å². The first-order chi connectivity index (χ1) is 9.88. The predicted molar refractivity (Wildman–Crippen MR) is 76.6 cm³/mol. The molecule has 0 spiro atoms. The smallest absolute Gasteiger partial charge is 0.258 e. The van der Waals surface area contributed by atoms with Crippen LogP contribution in [-0.4, -0.2) is 19.4 Å². The van der Waals surface area contributed by atoms with Crippen molar-refractivity contribution in [2.24, 2.45) is 0 Å². The Balaban J connectivity index is 1.57. The number of fused-ring (bicyclic) bond motifs is 2. The maximum Gasteiger partial charge on any atom is 0.258 e. The molecule has 98 valence electrons. The molecule has 0 aliphatic carbocycles. The molecular formula is C14H10N4OS. The zero-order chi connectivity index (χ0) is 13.4. The monoisotopic (exact) mass is 282 g/mol. The summed E-state index contributed by atoms with van der Waals surface area (Å²) in [4.78, 5) is 13.0. The maximum atomic E-state index is 5.62. The summed E-state index contributed by atoms with van der Waals surface area (Å²) in [6, 6.07) is 9.65. The fourth-order valence-electron chi connectivity index (χ4n) is 2.00. The van der Waals surface area contributed by atoms with Crippen molar-refractivity contribution >= 4 is 28.6 Å². The Labute approximate surface area is 118 Å². The molecule has 0 saturated heterocycles. The van der Waals surface area contributed by atoms with E-state index in [2.05, 4.69) is 15.0 Å². The van der Waals surface area contributed by atoms with E-state index in [-0.39, 0.29) is 0 Å². The number of hydrogen-bond acceptors (Lipinski definition) is 5. The van der Waals surface area contributed by atoms with Gasteiger partial charge in [0.1, 0.15) is 5.65 Å². The number of thioether (sulfide) groups is 1. The molecule has 0 radical (unpaired) electrons. The molecule has 0 saturated carbocycles. The highest BCUT2D eigenvalue weighted by Crippen LogP contribution is 2.25. The van der Waals surface area contributed by atoms with E-state index in [1.165, 1.54) is 11.8 Å². The average Bonchev–Trinajstić information content (AvgIpc) is 3.07. The van der Waals surface area contributed by atoms with E-state index in [4.69, 9.17) is 4.42 Å². The number of pyridine rings is 2. The molecule has 20 heavy (non-hydrogen) atoms. The van der Waals surface area contributed by atoms with E-state index in [1.54, 1.807) is 6.20 Å². The lowest BCUT2D eigenvalue weighted by Crippen LogP contribution is -1.79. The van der Waals surface area contributed by atoms with Crippen LogP contribution in [0.2, 0.25) is 0 Å². The lowest BCUT2D eigenvalue weighted by Gasteiger charge is -1.90. The molecule has 0 unspecified atom stereocenters. The molecular weight excluding hydrogens is 272 g/mol.